The van der Waals surface area contributed by atoms with E-state index in [0.717, 1.165) is 11.1 Å². The molecule has 1 aromatic rings. The number of allylic oxidation sites excluding steroid dienone is 1. The van der Waals surface area contributed by atoms with Crippen molar-refractivity contribution in [3.63, 3.8) is 0 Å². The summed E-state index contributed by atoms with van der Waals surface area (Å²) >= 11 is 0. The Morgan fingerprint density at radius 1 is 1.33 bits per heavy atom. The molecule has 1 aliphatic carbocycles. The minimum Gasteiger partial charge on any atom is -0.497 e. The van der Waals surface area contributed by atoms with E-state index in [1.54, 1.807) is 33.1 Å². The number of methoxy groups -OCH3 is 2. The molecule has 4 heteroatoms. The predicted octanol–water partition coefficient (Wildman–Crippen LogP) is 1.86. The molecule has 96 valence electrons. The lowest BCUT2D eigenvalue weighted by Gasteiger charge is -2.21. The van der Waals surface area contributed by atoms with Crippen LogP contribution in [-0.4, -0.2) is 25.3 Å². The number of esters is 1. The molecule has 1 aromatic carbocycles. The van der Waals surface area contributed by atoms with E-state index in [4.69, 9.17) is 9.47 Å². The van der Waals surface area contributed by atoms with Crippen molar-refractivity contribution in [2.75, 3.05) is 14.2 Å². The van der Waals surface area contributed by atoms with Crippen molar-refractivity contribution in [1.82, 2.24) is 0 Å². The zero-order chi connectivity index (χ0) is 13.5. The summed E-state index contributed by atoms with van der Waals surface area (Å²) in [6, 6.07) is 5.35. The van der Waals surface area contributed by atoms with E-state index in [-0.39, 0.29) is 5.57 Å². The van der Waals surface area contributed by atoms with Crippen LogP contribution in [0.4, 0.5) is 0 Å². The Kier molecular flexibility index (Phi) is 2.91. The monoisotopic (exact) mass is 248 g/mol. The van der Waals surface area contributed by atoms with Gasteiger partial charge >= 0.3 is 5.97 Å². The maximum Gasteiger partial charge on any atom is 0.337 e. The molecule has 1 unspecified atom stereocenters. The van der Waals surface area contributed by atoms with Crippen molar-refractivity contribution < 1.29 is 19.4 Å². The van der Waals surface area contributed by atoms with Crippen LogP contribution in [0.25, 0.3) is 5.57 Å². The van der Waals surface area contributed by atoms with Gasteiger partial charge < -0.3 is 14.6 Å². The van der Waals surface area contributed by atoms with Crippen molar-refractivity contribution >= 4 is 11.5 Å². The van der Waals surface area contributed by atoms with Gasteiger partial charge in [-0.15, -0.1) is 0 Å². The van der Waals surface area contributed by atoms with Crippen LogP contribution in [0.5, 0.6) is 5.75 Å². The van der Waals surface area contributed by atoms with Gasteiger partial charge in [0, 0.05) is 0 Å². The molecule has 0 aromatic heterocycles. The SMILES string of the molecule is COC(=O)C1=C(C)c2cc(OC)ccc2C1(C)O. The molecule has 18 heavy (non-hydrogen) atoms. The zero-order valence-electron chi connectivity index (χ0n) is 10.9. The van der Waals surface area contributed by atoms with Gasteiger partial charge in [0.05, 0.1) is 19.8 Å². The number of carbonyl (C=O) groups excluding carboxylic acids is 1. The van der Waals surface area contributed by atoms with Crippen LogP contribution in [0.1, 0.15) is 25.0 Å². The molecule has 0 spiro atoms. The van der Waals surface area contributed by atoms with Gasteiger partial charge in [0.25, 0.3) is 0 Å². The highest BCUT2D eigenvalue weighted by atomic mass is 16.5. The molecule has 2 rings (SSSR count). The molecule has 0 fully saturated rings. The molecule has 4 nitrogen and oxygen atoms in total. The van der Waals surface area contributed by atoms with E-state index in [0.29, 0.717) is 11.3 Å². The Morgan fingerprint density at radius 3 is 2.56 bits per heavy atom. The van der Waals surface area contributed by atoms with Gasteiger partial charge in [-0.3, -0.25) is 0 Å². The van der Waals surface area contributed by atoms with Gasteiger partial charge in [0.1, 0.15) is 11.4 Å². The molecule has 0 saturated carbocycles. The second-order valence-corrected chi connectivity index (χ2v) is 4.48. The second kappa shape index (κ2) is 4.14. The predicted molar refractivity (Wildman–Crippen MR) is 67.2 cm³/mol. The Balaban J connectivity index is 2.65. The minimum atomic E-state index is -1.32. The van der Waals surface area contributed by atoms with Gasteiger partial charge in [0.15, 0.2) is 0 Å². The second-order valence-electron chi connectivity index (χ2n) is 4.48. The summed E-state index contributed by atoms with van der Waals surface area (Å²) in [5, 5.41) is 10.5. The highest BCUT2D eigenvalue weighted by Crippen LogP contribution is 2.45. The molecule has 0 aliphatic heterocycles. The quantitative estimate of drug-likeness (QED) is 0.812. The number of aliphatic hydroxyl groups is 1. The Bertz CT molecular complexity index is 541. The van der Waals surface area contributed by atoms with Gasteiger partial charge in [-0.05, 0) is 42.7 Å². The van der Waals surface area contributed by atoms with Crippen LogP contribution < -0.4 is 4.74 Å². The summed E-state index contributed by atoms with van der Waals surface area (Å²) in [5.74, 6) is 0.183. The third kappa shape index (κ3) is 1.61. The molecule has 0 amide bonds. The topological polar surface area (TPSA) is 55.8 Å². The maximum absolute atomic E-state index is 11.8. The fourth-order valence-corrected chi connectivity index (χ4v) is 2.47. The first-order chi connectivity index (χ1) is 8.43. The van der Waals surface area contributed by atoms with E-state index in [1.165, 1.54) is 7.11 Å². The maximum atomic E-state index is 11.8. The zero-order valence-corrected chi connectivity index (χ0v) is 10.9. The van der Waals surface area contributed by atoms with Crippen molar-refractivity contribution in [1.29, 1.82) is 0 Å². The Morgan fingerprint density at radius 2 is 2.00 bits per heavy atom. The number of hydrogen-bond acceptors (Lipinski definition) is 4. The van der Waals surface area contributed by atoms with Crippen LogP contribution in [0.2, 0.25) is 0 Å². The molecule has 1 aliphatic rings. The van der Waals surface area contributed by atoms with Crippen LogP contribution in [0.3, 0.4) is 0 Å². The normalized spacial score (nSPS) is 21.8. The standard InChI is InChI=1S/C14H16O4/c1-8-10-7-9(17-3)5-6-11(10)14(2,16)12(8)13(15)18-4/h5-7,16H,1-4H3. The Hall–Kier alpha value is -1.81. The first-order valence-corrected chi connectivity index (χ1v) is 5.64. The number of fused-ring (bicyclic) bond motifs is 1. The van der Waals surface area contributed by atoms with Crippen molar-refractivity contribution in [3.8, 4) is 5.75 Å². The molecule has 0 heterocycles. The number of hydrogen-bond donors (Lipinski definition) is 1. The highest BCUT2D eigenvalue weighted by Gasteiger charge is 2.42. The van der Waals surface area contributed by atoms with E-state index in [9.17, 15) is 9.90 Å². The largest absolute Gasteiger partial charge is 0.497 e. The van der Waals surface area contributed by atoms with Crippen LogP contribution >= 0.6 is 0 Å². The van der Waals surface area contributed by atoms with Gasteiger partial charge in [-0.25, -0.2) is 4.79 Å². The molecule has 1 N–H and O–H groups in total. The van der Waals surface area contributed by atoms with Crippen LogP contribution in [0, 0.1) is 0 Å². The molecule has 0 saturated heterocycles. The lowest BCUT2D eigenvalue weighted by molar-refractivity contribution is -0.138. The smallest absolute Gasteiger partial charge is 0.337 e. The van der Waals surface area contributed by atoms with Crippen LogP contribution in [-0.2, 0) is 15.1 Å². The molecule has 0 radical (unpaired) electrons. The van der Waals surface area contributed by atoms with E-state index in [2.05, 4.69) is 0 Å². The third-order valence-corrected chi connectivity index (χ3v) is 3.41. The summed E-state index contributed by atoms with van der Waals surface area (Å²) in [6.07, 6.45) is 0. The van der Waals surface area contributed by atoms with E-state index >= 15 is 0 Å². The summed E-state index contributed by atoms with van der Waals surface area (Å²) in [4.78, 5) is 11.8. The number of benzene rings is 1. The molecule has 1 atom stereocenters. The fourth-order valence-electron chi connectivity index (χ4n) is 2.47. The molecule has 0 bridgehead atoms. The summed E-state index contributed by atoms with van der Waals surface area (Å²) in [5.41, 5.74) is 1.20. The average Bonchev–Trinajstić information content (AvgIpc) is 2.56. The lowest BCUT2D eigenvalue weighted by Crippen LogP contribution is -2.27. The van der Waals surface area contributed by atoms with Crippen molar-refractivity contribution in [3.05, 3.63) is 34.9 Å². The van der Waals surface area contributed by atoms with Crippen molar-refractivity contribution in [2.24, 2.45) is 0 Å². The summed E-state index contributed by atoms with van der Waals surface area (Å²) in [6.45, 7) is 3.40. The van der Waals surface area contributed by atoms with Gasteiger partial charge in [0.2, 0.25) is 0 Å². The fraction of sp³-hybridized carbons (Fsp3) is 0.357. The van der Waals surface area contributed by atoms with E-state index in [1.807, 2.05) is 6.07 Å². The minimum absolute atomic E-state index is 0.285. The highest BCUT2D eigenvalue weighted by molar-refractivity contribution is 6.03. The van der Waals surface area contributed by atoms with Crippen LogP contribution in [0.15, 0.2) is 23.8 Å². The first-order valence-electron chi connectivity index (χ1n) is 5.64. The summed E-state index contributed by atoms with van der Waals surface area (Å²) in [7, 11) is 2.89. The molecular weight excluding hydrogens is 232 g/mol. The third-order valence-electron chi connectivity index (χ3n) is 3.41. The Labute approximate surface area is 106 Å². The lowest BCUT2D eigenvalue weighted by atomic mass is 9.92. The first kappa shape index (κ1) is 12.6. The number of rotatable bonds is 2. The van der Waals surface area contributed by atoms with Gasteiger partial charge in [-0.2, -0.15) is 0 Å². The van der Waals surface area contributed by atoms with E-state index < -0.39 is 11.6 Å². The summed E-state index contributed by atoms with van der Waals surface area (Å²) < 4.78 is 9.90. The number of ether oxygens (including phenoxy) is 2. The number of carbonyl (C=O) groups is 1. The van der Waals surface area contributed by atoms with Gasteiger partial charge in [-0.1, -0.05) is 6.07 Å². The molecular formula is C14H16O4. The van der Waals surface area contributed by atoms with Crippen molar-refractivity contribution in [2.45, 2.75) is 19.4 Å². The average molecular weight is 248 g/mol.